The van der Waals surface area contributed by atoms with Gasteiger partial charge in [0.25, 0.3) is 0 Å². The summed E-state index contributed by atoms with van der Waals surface area (Å²) < 4.78 is 0. The van der Waals surface area contributed by atoms with Gasteiger partial charge in [0.05, 0.1) is 13.2 Å². The molecule has 2 nitrogen and oxygen atoms in total. The Kier molecular flexibility index (Phi) is 9.44. The molecule has 1 N–H and O–H groups in total. The molecule has 0 aliphatic heterocycles. The largest absolute Gasteiger partial charge is 0.394 e. The van der Waals surface area contributed by atoms with E-state index in [2.05, 4.69) is 70.0 Å². The van der Waals surface area contributed by atoms with Crippen LogP contribution in [-0.2, 0) is 0 Å². The Labute approximate surface area is 154 Å². The predicted octanol–water partition coefficient (Wildman–Crippen LogP) is 5.97. The van der Waals surface area contributed by atoms with Crippen LogP contribution in [0.5, 0.6) is 0 Å². The van der Waals surface area contributed by atoms with E-state index in [0.29, 0.717) is 12.0 Å². The van der Waals surface area contributed by atoms with Crippen LogP contribution in [0.2, 0.25) is 0 Å². The van der Waals surface area contributed by atoms with E-state index in [-0.39, 0.29) is 6.61 Å². The topological polar surface area (TPSA) is 32.6 Å². The van der Waals surface area contributed by atoms with Crippen LogP contribution in [0, 0.1) is 5.41 Å². The molecule has 0 radical (unpaired) electrons. The van der Waals surface area contributed by atoms with Crippen LogP contribution in [0.1, 0.15) is 60.3 Å². The summed E-state index contributed by atoms with van der Waals surface area (Å²) >= 11 is 0. The maximum atomic E-state index is 8.66. The zero-order chi connectivity index (χ0) is 18.7. The Morgan fingerprint density at radius 1 is 1.20 bits per heavy atom. The molecule has 0 heterocycles. The first-order valence-electron chi connectivity index (χ1n) is 9.36. The predicted molar refractivity (Wildman–Crippen MR) is 111 cm³/mol. The van der Waals surface area contributed by atoms with Crippen molar-refractivity contribution in [2.45, 2.75) is 60.3 Å². The molecule has 0 aromatic heterocycles. The Morgan fingerprint density at radius 3 is 2.64 bits per heavy atom. The van der Waals surface area contributed by atoms with Gasteiger partial charge in [-0.05, 0) is 69.1 Å². The van der Waals surface area contributed by atoms with E-state index in [1.807, 2.05) is 6.08 Å². The molecule has 0 aromatic carbocycles. The van der Waals surface area contributed by atoms with Gasteiger partial charge in [0.1, 0.15) is 0 Å². The average Bonchev–Trinajstić information content (AvgIpc) is 2.54. The smallest absolute Gasteiger partial charge is 0.0626 e. The average molecular weight is 342 g/mol. The van der Waals surface area contributed by atoms with Crippen LogP contribution in [0.25, 0.3) is 0 Å². The van der Waals surface area contributed by atoms with Gasteiger partial charge in [-0.3, -0.25) is 4.99 Å². The summed E-state index contributed by atoms with van der Waals surface area (Å²) in [6.07, 6.45) is 19.6. The fourth-order valence-corrected chi connectivity index (χ4v) is 3.16. The van der Waals surface area contributed by atoms with E-state index < -0.39 is 0 Å². The van der Waals surface area contributed by atoms with Gasteiger partial charge in [0.2, 0.25) is 0 Å². The zero-order valence-electron chi connectivity index (χ0n) is 16.7. The van der Waals surface area contributed by atoms with Crippen LogP contribution in [0.4, 0.5) is 0 Å². The number of hydrogen-bond donors (Lipinski definition) is 1. The lowest BCUT2D eigenvalue weighted by molar-refractivity contribution is 0.307. The molecule has 1 rings (SSSR count). The summed E-state index contributed by atoms with van der Waals surface area (Å²) in [5, 5.41) is 8.66. The van der Waals surface area contributed by atoms with Crippen LogP contribution < -0.4 is 0 Å². The lowest BCUT2D eigenvalue weighted by Gasteiger charge is -2.32. The van der Waals surface area contributed by atoms with Gasteiger partial charge in [-0.1, -0.05) is 55.4 Å². The van der Waals surface area contributed by atoms with Gasteiger partial charge in [0, 0.05) is 6.21 Å². The first-order chi connectivity index (χ1) is 11.9. The number of aliphatic hydroxyl groups is 1. The van der Waals surface area contributed by atoms with Gasteiger partial charge in [-0.2, -0.15) is 0 Å². The number of aliphatic hydroxyl groups excluding tert-OH is 1. The molecule has 0 aromatic rings. The van der Waals surface area contributed by atoms with E-state index in [1.165, 1.54) is 30.4 Å². The summed E-state index contributed by atoms with van der Waals surface area (Å²) in [5.41, 5.74) is 5.83. The fourth-order valence-electron chi connectivity index (χ4n) is 3.16. The monoisotopic (exact) mass is 341 g/mol. The highest BCUT2D eigenvalue weighted by molar-refractivity contribution is 5.72. The van der Waals surface area contributed by atoms with Crippen molar-refractivity contribution in [3.8, 4) is 0 Å². The van der Waals surface area contributed by atoms with Gasteiger partial charge < -0.3 is 5.11 Å². The zero-order valence-corrected chi connectivity index (χ0v) is 16.7. The van der Waals surface area contributed by atoms with E-state index in [9.17, 15) is 0 Å². The highest BCUT2D eigenvalue weighted by Crippen LogP contribution is 2.40. The lowest BCUT2D eigenvalue weighted by Crippen LogP contribution is -2.19. The highest BCUT2D eigenvalue weighted by atomic mass is 16.3. The number of allylic oxidation sites excluding steroid dienone is 10. The minimum atomic E-state index is 0.102. The van der Waals surface area contributed by atoms with Gasteiger partial charge in [-0.15, -0.1) is 0 Å². The molecule has 0 bridgehead atoms. The third kappa shape index (κ3) is 8.31. The normalized spacial score (nSPS) is 19.8. The minimum absolute atomic E-state index is 0.102. The molecule has 0 unspecified atom stereocenters. The van der Waals surface area contributed by atoms with Gasteiger partial charge in [0.15, 0.2) is 0 Å². The van der Waals surface area contributed by atoms with Crippen molar-refractivity contribution in [1.29, 1.82) is 0 Å². The van der Waals surface area contributed by atoms with Crippen LogP contribution >= 0.6 is 0 Å². The van der Waals surface area contributed by atoms with Crippen LogP contribution in [-0.4, -0.2) is 24.5 Å². The Balaban J connectivity index is 2.57. The molecule has 2 heteroatoms. The quantitative estimate of drug-likeness (QED) is 0.428. The maximum absolute atomic E-state index is 8.66. The second-order valence-electron chi connectivity index (χ2n) is 7.54. The number of hydrogen-bond acceptors (Lipinski definition) is 2. The molecule has 0 saturated carbocycles. The summed E-state index contributed by atoms with van der Waals surface area (Å²) in [6, 6.07) is 0. The Morgan fingerprint density at radius 2 is 1.96 bits per heavy atom. The molecular weight excluding hydrogens is 306 g/mol. The number of rotatable bonds is 8. The van der Waals surface area contributed by atoms with Gasteiger partial charge >= 0.3 is 0 Å². The molecular formula is C23H35NO. The molecule has 138 valence electrons. The third-order valence-electron chi connectivity index (χ3n) is 4.68. The fraction of sp³-hybridized carbons (Fsp3) is 0.522. The number of nitrogens with zero attached hydrogens (tertiary/aromatic N) is 1. The summed E-state index contributed by atoms with van der Waals surface area (Å²) in [6.45, 7) is 11.8. The SMILES string of the molecule is CC1=C(/C=C/C(C)=C/C/C=C/C(C)=C/C=NCCO)C(C)(C)CCC1. The summed E-state index contributed by atoms with van der Waals surface area (Å²) in [7, 11) is 0. The van der Waals surface area contributed by atoms with E-state index in [4.69, 9.17) is 5.11 Å². The van der Waals surface area contributed by atoms with E-state index in [0.717, 1.165) is 12.0 Å². The molecule has 25 heavy (non-hydrogen) atoms. The standard InChI is InChI=1S/C23H35NO/c1-19(9-6-7-10-20(2)14-16-24-17-18-25)12-13-22-21(3)11-8-15-23(22,4)5/h7,9-10,12-14,16,25H,6,8,11,15,17-18H2,1-5H3/b10-7+,13-12+,19-9+,20-14+,24-16?. The second-order valence-corrected chi connectivity index (χ2v) is 7.54. The van der Waals surface area contributed by atoms with Gasteiger partial charge in [-0.25, -0.2) is 0 Å². The summed E-state index contributed by atoms with van der Waals surface area (Å²) in [5.74, 6) is 0. The van der Waals surface area contributed by atoms with Crippen LogP contribution in [0.15, 0.2) is 63.7 Å². The number of aliphatic imine (C=N–C) groups is 1. The molecule has 0 amide bonds. The Bertz CT molecular complexity index is 598. The van der Waals surface area contributed by atoms with Crippen LogP contribution in [0.3, 0.4) is 0 Å². The van der Waals surface area contributed by atoms with Crippen molar-refractivity contribution in [3.63, 3.8) is 0 Å². The van der Waals surface area contributed by atoms with Crippen molar-refractivity contribution in [2.24, 2.45) is 10.4 Å². The van der Waals surface area contributed by atoms with Crippen molar-refractivity contribution < 1.29 is 5.11 Å². The third-order valence-corrected chi connectivity index (χ3v) is 4.68. The molecule has 0 saturated heterocycles. The first kappa shape index (κ1) is 21.4. The van der Waals surface area contributed by atoms with Crippen molar-refractivity contribution >= 4 is 6.21 Å². The molecule has 0 atom stereocenters. The molecule has 1 aliphatic carbocycles. The second kappa shape index (κ2) is 11.0. The van der Waals surface area contributed by atoms with Crippen molar-refractivity contribution in [1.82, 2.24) is 0 Å². The van der Waals surface area contributed by atoms with E-state index in [1.54, 1.807) is 11.8 Å². The maximum Gasteiger partial charge on any atom is 0.0626 e. The minimum Gasteiger partial charge on any atom is -0.394 e. The molecule has 1 aliphatic rings. The van der Waals surface area contributed by atoms with Crippen molar-refractivity contribution in [3.05, 3.63) is 58.7 Å². The molecule has 0 spiro atoms. The first-order valence-corrected chi connectivity index (χ1v) is 9.36. The summed E-state index contributed by atoms with van der Waals surface area (Å²) in [4.78, 5) is 4.06. The molecule has 0 fully saturated rings. The van der Waals surface area contributed by atoms with E-state index >= 15 is 0 Å². The van der Waals surface area contributed by atoms with Crippen molar-refractivity contribution in [2.75, 3.05) is 13.2 Å². The lowest BCUT2D eigenvalue weighted by atomic mass is 9.72. The highest BCUT2D eigenvalue weighted by Gasteiger charge is 2.26. The Hall–Kier alpha value is -1.67.